The van der Waals surface area contributed by atoms with Crippen LogP contribution in [0.4, 0.5) is 5.95 Å². The zero-order valence-corrected chi connectivity index (χ0v) is 13.6. The minimum atomic E-state index is -0.162. The van der Waals surface area contributed by atoms with Crippen LogP contribution in [-0.2, 0) is 11.2 Å². The molecule has 1 unspecified atom stereocenters. The monoisotopic (exact) mass is 326 g/mol. The van der Waals surface area contributed by atoms with E-state index in [1.165, 1.54) is 11.8 Å². The van der Waals surface area contributed by atoms with Crippen molar-refractivity contribution in [2.45, 2.75) is 23.6 Å². The lowest BCUT2D eigenvalue weighted by Gasteiger charge is -2.06. The van der Waals surface area contributed by atoms with Crippen LogP contribution in [0.25, 0.3) is 12.2 Å². The number of nitrogens with two attached hydrogens (primary N) is 1. The summed E-state index contributed by atoms with van der Waals surface area (Å²) in [6.45, 7) is 2.54. The Morgan fingerprint density at radius 1 is 1.35 bits per heavy atom. The summed E-state index contributed by atoms with van der Waals surface area (Å²) in [5, 5.41) is 3.50. The highest BCUT2D eigenvalue weighted by Crippen LogP contribution is 2.38. The molecule has 0 aliphatic carbocycles. The van der Waals surface area contributed by atoms with Gasteiger partial charge in [-0.3, -0.25) is 4.79 Å². The van der Waals surface area contributed by atoms with E-state index in [0.717, 1.165) is 21.8 Å². The number of nitrogens with one attached hydrogen (secondary N) is 1. The van der Waals surface area contributed by atoms with Gasteiger partial charge in [0.2, 0.25) is 11.9 Å². The molecule has 1 aliphatic rings. The number of nitrogens with zero attached hydrogens (tertiary/aromatic N) is 2. The molecule has 0 spiro atoms. The zero-order valence-electron chi connectivity index (χ0n) is 12.8. The van der Waals surface area contributed by atoms with Crippen molar-refractivity contribution < 1.29 is 4.79 Å². The van der Waals surface area contributed by atoms with Crippen molar-refractivity contribution in [3.63, 3.8) is 0 Å². The second-order valence-electron chi connectivity index (χ2n) is 5.20. The van der Waals surface area contributed by atoms with E-state index >= 15 is 0 Å². The van der Waals surface area contributed by atoms with Crippen LogP contribution in [0.3, 0.4) is 0 Å². The summed E-state index contributed by atoms with van der Waals surface area (Å²) in [4.78, 5) is 20.7. The molecule has 1 aromatic carbocycles. The minimum absolute atomic E-state index is 0.0343. The number of amides is 1. The Balaban J connectivity index is 1.87. The minimum Gasteiger partial charge on any atom is -0.368 e. The molecule has 0 fully saturated rings. The molecule has 6 heteroatoms. The number of aromatic nitrogens is 2. The van der Waals surface area contributed by atoms with Crippen molar-refractivity contribution in [3.8, 4) is 0 Å². The van der Waals surface area contributed by atoms with Crippen LogP contribution in [0, 0.1) is 0 Å². The number of anilines is 1. The van der Waals surface area contributed by atoms with Gasteiger partial charge in [-0.25, -0.2) is 9.97 Å². The number of hydrogen-bond acceptors (Lipinski definition) is 5. The van der Waals surface area contributed by atoms with Crippen molar-refractivity contribution in [3.05, 3.63) is 47.2 Å². The standard InChI is InChI=1S/C17H18N4OS/c1-2-19-15(22)14-10-12-13(20-17(18)21-16(12)23-14)9-8-11-6-4-3-5-7-11/h3-9,14H,2,10H2,1H3,(H,19,22)(H2,18,20,21)/b9-8+. The molecule has 0 bridgehead atoms. The van der Waals surface area contributed by atoms with Crippen molar-refractivity contribution in [2.24, 2.45) is 0 Å². The lowest BCUT2D eigenvalue weighted by atomic mass is 10.1. The van der Waals surface area contributed by atoms with Gasteiger partial charge in [-0.05, 0) is 25.0 Å². The summed E-state index contributed by atoms with van der Waals surface area (Å²) in [7, 11) is 0. The Bertz CT molecular complexity index is 746. The van der Waals surface area contributed by atoms with E-state index in [0.29, 0.717) is 13.0 Å². The van der Waals surface area contributed by atoms with Crippen LogP contribution in [0.15, 0.2) is 35.4 Å². The average molecular weight is 326 g/mol. The highest BCUT2D eigenvalue weighted by Gasteiger charge is 2.31. The molecule has 3 N–H and O–H groups in total. The second kappa shape index (κ2) is 6.83. The fraction of sp³-hybridized carbons (Fsp3) is 0.235. The number of carbonyl (C=O) groups excluding carboxylic acids is 1. The number of carbonyl (C=O) groups is 1. The Kier molecular flexibility index (Phi) is 4.62. The van der Waals surface area contributed by atoms with Gasteiger partial charge in [0, 0.05) is 12.1 Å². The quantitative estimate of drug-likeness (QED) is 0.843. The van der Waals surface area contributed by atoms with Crippen molar-refractivity contribution in [1.29, 1.82) is 0 Å². The van der Waals surface area contributed by atoms with E-state index in [1.54, 1.807) is 0 Å². The van der Waals surface area contributed by atoms with Gasteiger partial charge in [-0.1, -0.05) is 48.2 Å². The first-order valence-electron chi connectivity index (χ1n) is 7.51. The Hall–Kier alpha value is -2.34. The molecule has 2 heterocycles. The largest absolute Gasteiger partial charge is 0.368 e. The summed E-state index contributed by atoms with van der Waals surface area (Å²) in [5.74, 6) is 0.271. The van der Waals surface area contributed by atoms with Gasteiger partial charge in [0.25, 0.3) is 0 Å². The Labute approximate surface area is 139 Å². The second-order valence-corrected chi connectivity index (χ2v) is 6.39. The molecule has 1 aliphatic heterocycles. The molecular weight excluding hydrogens is 308 g/mol. The van der Waals surface area contributed by atoms with Crippen LogP contribution in [0.1, 0.15) is 23.7 Å². The molecule has 1 atom stereocenters. The summed E-state index contributed by atoms with van der Waals surface area (Å²) >= 11 is 1.46. The summed E-state index contributed by atoms with van der Waals surface area (Å²) in [6, 6.07) is 9.99. The van der Waals surface area contributed by atoms with Gasteiger partial charge in [0.1, 0.15) is 5.03 Å². The molecule has 23 heavy (non-hydrogen) atoms. The van der Waals surface area contributed by atoms with E-state index < -0.39 is 0 Å². The van der Waals surface area contributed by atoms with Gasteiger partial charge in [0.15, 0.2) is 0 Å². The van der Waals surface area contributed by atoms with Crippen molar-refractivity contribution >= 4 is 35.8 Å². The Morgan fingerprint density at radius 3 is 2.87 bits per heavy atom. The third-order valence-corrected chi connectivity index (χ3v) is 4.76. The molecule has 2 aromatic rings. The van der Waals surface area contributed by atoms with Crippen LogP contribution in [0.5, 0.6) is 0 Å². The van der Waals surface area contributed by atoms with Gasteiger partial charge >= 0.3 is 0 Å². The topological polar surface area (TPSA) is 80.9 Å². The smallest absolute Gasteiger partial charge is 0.233 e. The summed E-state index contributed by atoms with van der Waals surface area (Å²) < 4.78 is 0. The predicted octanol–water partition coefficient (Wildman–Crippen LogP) is 2.38. The summed E-state index contributed by atoms with van der Waals surface area (Å²) in [5.41, 5.74) is 8.68. The Morgan fingerprint density at radius 2 is 2.13 bits per heavy atom. The van der Waals surface area contributed by atoms with Crippen LogP contribution >= 0.6 is 11.8 Å². The number of fused-ring (bicyclic) bond motifs is 1. The van der Waals surface area contributed by atoms with E-state index in [4.69, 9.17) is 5.73 Å². The molecule has 118 valence electrons. The third kappa shape index (κ3) is 3.53. The molecule has 3 rings (SSSR count). The van der Waals surface area contributed by atoms with Gasteiger partial charge in [-0.2, -0.15) is 0 Å². The highest BCUT2D eigenvalue weighted by molar-refractivity contribution is 8.00. The molecule has 0 saturated carbocycles. The first-order chi connectivity index (χ1) is 11.2. The molecule has 1 amide bonds. The SMILES string of the molecule is CCNC(=O)C1Cc2c(/C=C/c3ccccc3)nc(N)nc2S1. The maximum Gasteiger partial charge on any atom is 0.233 e. The lowest BCUT2D eigenvalue weighted by molar-refractivity contribution is -0.120. The van der Waals surface area contributed by atoms with Crippen molar-refractivity contribution in [2.75, 3.05) is 12.3 Å². The summed E-state index contributed by atoms with van der Waals surface area (Å²) in [6.07, 6.45) is 4.56. The number of hydrogen-bond donors (Lipinski definition) is 2. The number of thioether (sulfide) groups is 1. The van der Waals surface area contributed by atoms with E-state index in [-0.39, 0.29) is 17.1 Å². The molecule has 0 saturated heterocycles. The van der Waals surface area contributed by atoms with E-state index in [2.05, 4.69) is 15.3 Å². The van der Waals surface area contributed by atoms with E-state index in [1.807, 2.05) is 49.4 Å². The lowest BCUT2D eigenvalue weighted by Crippen LogP contribution is -2.32. The van der Waals surface area contributed by atoms with Crippen LogP contribution in [-0.4, -0.2) is 27.7 Å². The van der Waals surface area contributed by atoms with Gasteiger partial charge in [0.05, 0.1) is 10.9 Å². The first kappa shape index (κ1) is 15.6. The zero-order chi connectivity index (χ0) is 16.2. The maximum absolute atomic E-state index is 12.1. The third-order valence-electron chi connectivity index (χ3n) is 3.54. The number of nitrogen functional groups attached to an aromatic ring is 1. The average Bonchev–Trinajstić information content (AvgIpc) is 2.98. The maximum atomic E-state index is 12.1. The predicted molar refractivity (Wildman–Crippen MR) is 93.8 cm³/mol. The fourth-order valence-electron chi connectivity index (χ4n) is 2.46. The number of rotatable bonds is 4. The fourth-order valence-corrected chi connectivity index (χ4v) is 3.65. The highest BCUT2D eigenvalue weighted by atomic mass is 32.2. The molecular formula is C17H18N4OS. The molecule has 1 aromatic heterocycles. The molecule has 5 nitrogen and oxygen atoms in total. The van der Waals surface area contributed by atoms with Gasteiger partial charge < -0.3 is 11.1 Å². The number of benzene rings is 1. The normalized spacial score (nSPS) is 16.5. The molecule has 0 radical (unpaired) electrons. The van der Waals surface area contributed by atoms with Crippen LogP contribution < -0.4 is 11.1 Å². The first-order valence-corrected chi connectivity index (χ1v) is 8.39. The van der Waals surface area contributed by atoms with E-state index in [9.17, 15) is 4.79 Å². The van der Waals surface area contributed by atoms with Crippen molar-refractivity contribution in [1.82, 2.24) is 15.3 Å². The van der Waals surface area contributed by atoms with Gasteiger partial charge in [-0.15, -0.1) is 0 Å². The van der Waals surface area contributed by atoms with Crippen LogP contribution in [0.2, 0.25) is 0 Å².